The Bertz CT molecular complexity index is 829. The second kappa shape index (κ2) is 4.78. The summed E-state index contributed by atoms with van der Waals surface area (Å²) in [6.07, 6.45) is 11.6. The molecule has 1 aliphatic heterocycles. The normalized spacial score (nSPS) is 20.1. The van der Waals surface area contributed by atoms with Gasteiger partial charge in [-0.3, -0.25) is 0 Å². The summed E-state index contributed by atoms with van der Waals surface area (Å²) in [6.45, 7) is 0.965. The number of anilines is 1. The van der Waals surface area contributed by atoms with E-state index in [0.717, 1.165) is 23.6 Å². The van der Waals surface area contributed by atoms with Gasteiger partial charge in [0, 0.05) is 29.7 Å². The van der Waals surface area contributed by atoms with Crippen molar-refractivity contribution in [3.05, 3.63) is 35.0 Å². The van der Waals surface area contributed by atoms with Crippen molar-refractivity contribution in [2.75, 3.05) is 5.32 Å². The Balaban J connectivity index is 1.52. The lowest BCUT2D eigenvalue weighted by molar-refractivity contribution is 0.669. The fourth-order valence-electron chi connectivity index (χ4n) is 3.73. The average Bonchev–Trinajstić information content (AvgIpc) is 3.19. The largest absolute Gasteiger partial charge is 0.364 e. The van der Waals surface area contributed by atoms with Gasteiger partial charge in [-0.15, -0.1) is 11.3 Å². The van der Waals surface area contributed by atoms with Crippen molar-refractivity contribution < 1.29 is 0 Å². The Morgan fingerprint density at radius 3 is 3.14 bits per heavy atom. The monoisotopic (exact) mass is 311 g/mol. The molecule has 3 aromatic heterocycles. The lowest BCUT2D eigenvalue weighted by Gasteiger charge is -2.15. The molecule has 0 saturated heterocycles. The highest BCUT2D eigenvalue weighted by Gasteiger charge is 2.24. The molecule has 0 amide bonds. The van der Waals surface area contributed by atoms with Gasteiger partial charge in [0.1, 0.15) is 17.0 Å². The molecule has 1 aliphatic carbocycles. The number of aryl methyl sites for hydroxylation is 2. The second-order valence-corrected chi connectivity index (χ2v) is 7.28. The standard InChI is InChI=1S/C16H17N5S/c1-2-4-13-12(3-1)14-15(18-8-19-16(14)22-13)20-10-5-11-6-17-9-21(11)7-10/h6,8-10H,1-5,7H2,(H,18,19,20). The van der Waals surface area contributed by atoms with Crippen molar-refractivity contribution in [3.8, 4) is 0 Å². The smallest absolute Gasteiger partial charge is 0.138 e. The third-order valence-corrected chi connectivity index (χ3v) is 5.96. The highest BCUT2D eigenvalue weighted by Crippen LogP contribution is 2.38. The number of nitrogens with zero attached hydrogens (tertiary/aromatic N) is 4. The van der Waals surface area contributed by atoms with Gasteiger partial charge in [0.05, 0.1) is 17.8 Å². The van der Waals surface area contributed by atoms with Crippen LogP contribution in [0.25, 0.3) is 10.2 Å². The van der Waals surface area contributed by atoms with E-state index in [1.54, 1.807) is 6.33 Å². The van der Waals surface area contributed by atoms with E-state index in [4.69, 9.17) is 0 Å². The fraction of sp³-hybridized carbons (Fsp3) is 0.438. The number of rotatable bonds is 2. The van der Waals surface area contributed by atoms with Crippen molar-refractivity contribution in [1.82, 2.24) is 19.5 Å². The number of aromatic nitrogens is 4. The van der Waals surface area contributed by atoms with Crippen LogP contribution in [-0.2, 0) is 25.8 Å². The zero-order valence-corrected chi connectivity index (χ0v) is 13.1. The molecule has 0 radical (unpaired) electrons. The average molecular weight is 311 g/mol. The summed E-state index contributed by atoms with van der Waals surface area (Å²) in [5, 5.41) is 4.93. The van der Waals surface area contributed by atoms with Gasteiger partial charge in [0.2, 0.25) is 0 Å². The van der Waals surface area contributed by atoms with E-state index in [1.165, 1.54) is 47.2 Å². The number of hydrogen-bond donors (Lipinski definition) is 1. The molecule has 0 fully saturated rings. The predicted octanol–water partition coefficient (Wildman–Crippen LogP) is 2.80. The molecule has 0 spiro atoms. The predicted molar refractivity (Wildman–Crippen MR) is 87.4 cm³/mol. The lowest BCUT2D eigenvalue weighted by Crippen LogP contribution is -2.21. The third kappa shape index (κ3) is 1.86. The lowest BCUT2D eigenvalue weighted by atomic mass is 9.97. The van der Waals surface area contributed by atoms with E-state index in [9.17, 15) is 0 Å². The molecule has 0 saturated carbocycles. The molecule has 0 aromatic carbocycles. The van der Waals surface area contributed by atoms with E-state index < -0.39 is 0 Å². The highest BCUT2D eigenvalue weighted by molar-refractivity contribution is 7.19. The first-order chi connectivity index (χ1) is 10.9. The molecule has 5 rings (SSSR count). The van der Waals surface area contributed by atoms with Gasteiger partial charge >= 0.3 is 0 Å². The third-order valence-electron chi connectivity index (χ3n) is 4.76. The molecule has 0 bridgehead atoms. The molecule has 2 aliphatic rings. The molecule has 1 unspecified atom stereocenters. The number of nitrogens with one attached hydrogen (secondary N) is 1. The topological polar surface area (TPSA) is 55.6 Å². The molecule has 5 nitrogen and oxygen atoms in total. The second-order valence-electron chi connectivity index (χ2n) is 6.20. The minimum Gasteiger partial charge on any atom is -0.364 e. The van der Waals surface area contributed by atoms with Crippen LogP contribution in [0.4, 0.5) is 5.82 Å². The van der Waals surface area contributed by atoms with Crippen LogP contribution in [0.5, 0.6) is 0 Å². The Morgan fingerprint density at radius 2 is 2.18 bits per heavy atom. The van der Waals surface area contributed by atoms with Crippen molar-refractivity contribution in [1.29, 1.82) is 0 Å². The van der Waals surface area contributed by atoms with Gasteiger partial charge in [0.15, 0.2) is 0 Å². The number of thiophene rings is 1. The van der Waals surface area contributed by atoms with Crippen LogP contribution in [0.2, 0.25) is 0 Å². The van der Waals surface area contributed by atoms with Crippen molar-refractivity contribution >= 4 is 27.4 Å². The first-order valence-electron chi connectivity index (χ1n) is 7.89. The zero-order chi connectivity index (χ0) is 14.5. The highest BCUT2D eigenvalue weighted by atomic mass is 32.1. The van der Waals surface area contributed by atoms with Gasteiger partial charge in [-0.05, 0) is 31.2 Å². The van der Waals surface area contributed by atoms with Gasteiger partial charge in [-0.2, -0.15) is 0 Å². The van der Waals surface area contributed by atoms with Gasteiger partial charge in [-0.25, -0.2) is 15.0 Å². The quantitative estimate of drug-likeness (QED) is 0.790. The summed E-state index contributed by atoms with van der Waals surface area (Å²) < 4.78 is 2.22. The van der Waals surface area contributed by atoms with Gasteiger partial charge in [-0.1, -0.05) is 0 Å². The molecule has 6 heteroatoms. The van der Waals surface area contributed by atoms with E-state index in [1.807, 2.05) is 23.9 Å². The molecular weight excluding hydrogens is 294 g/mol. The van der Waals surface area contributed by atoms with E-state index >= 15 is 0 Å². The Labute approximate surface area is 132 Å². The number of imidazole rings is 1. The summed E-state index contributed by atoms with van der Waals surface area (Å²) in [5.74, 6) is 1.02. The Morgan fingerprint density at radius 1 is 1.23 bits per heavy atom. The van der Waals surface area contributed by atoms with Gasteiger partial charge in [0.25, 0.3) is 0 Å². The van der Waals surface area contributed by atoms with Crippen LogP contribution in [0.15, 0.2) is 18.9 Å². The van der Waals surface area contributed by atoms with Crippen LogP contribution in [0.3, 0.4) is 0 Å². The zero-order valence-electron chi connectivity index (χ0n) is 12.2. The molecule has 3 aromatic rings. The summed E-state index contributed by atoms with van der Waals surface area (Å²) in [4.78, 5) is 15.9. The van der Waals surface area contributed by atoms with Crippen molar-refractivity contribution in [2.24, 2.45) is 0 Å². The van der Waals surface area contributed by atoms with Crippen LogP contribution in [0, 0.1) is 0 Å². The van der Waals surface area contributed by atoms with Crippen LogP contribution in [-0.4, -0.2) is 25.6 Å². The molecule has 112 valence electrons. The molecule has 4 heterocycles. The minimum absolute atomic E-state index is 0.398. The molecule has 22 heavy (non-hydrogen) atoms. The van der Waals surface area contributed by atoms with Crippen LogP contribution >= 0.6 is 11.3 Å². The van der Waals surface area contributed by atoms with Crippen LogP contribution in [0.1, 0.15) is 29.0 Å². The maximum absolute atomic E-state index is 4.56. The Kier molecular flexibility index (Phi) is 2.73. The van der Waals surface area contributed by atoms with Gasteiger partial charge < -0.3 is 9.88 Å². The van der Waals surface area contributed by atoms with Crippen molar-refractivity contribution in [2.45, 2.75) is 44.7 Å². The van der Waals surface area contributed by atoms with Crippen LogP contribution < -0.4 is 5.32 Å². The van der Waals surface area contributed by atoms with E-state index in [2.05, 4.69) is 24.8 Å². The summed E-state index contributed by atoms with van der Waals surface area (Å²) in [5.41, 5.74) is 2.80. The summed E-state index contributed by atoms with van der Waals surface area (Å²) in [7, 11) is 0. The first kappa shape index (κ1) is 12.6. The molecule has 1 atom stereocenters. The summed E-state index contributed by atoms with van der Waals surface area (Å²) in [6, 6.07) is 0.398. The number of hydrogen-bond acceptors (Lipinski definition) is 5. The Hall–Kier alpha value is -1.95. The fourth-order valence-corrected chi connectivity index (χ4v) is 4.96. The maximum atomic E-state index is 4.56. The molecular formula is C16H17N5S. The SMILES string of the molecule is c1nc(NC2Cc3cncn3C2)c2c3c(sc2n1)CCCC3. The number of fused-ring (bicyclic) bond motifs is 4. The van der Waals surface area contributed by atoms with E-state index in [0.29, 0.717) is 6.04 Å². The molecule has 1 N–H and O–H groups in total. The summed E-state index contributed by atoms with van der Waals surface area (Å²) >= 11 is 1.85. The van der Waals surface area contributed by atoms with Crippen molar-refractivity contribution in [3.63, 3.8) is 0 Å². The minimum atomic E-state index is 0.398. The maximum Gasteiger partial charge on any atom is 0.138 e. The van der Waals surface area contributed by atoms with E-state index in [-0.39, 0.29) is 0 Å². The first-order valence-corrected chi connectivity index (χ1v) is 8.71.